The van der Waals surface area contributed by atoms with Crippen LogP contribution in [-0.2, 0) is 10.6 Å². The summed E-state index contributed by atoms with van der Waals surface area (Å²) in [6, 6.07) is 6.19. The Morgan fingerprint density at radius 1 is 1.30 bits per heavy atom. The standard InChI is InChI=1S/C7H8O2S/c1-6-2-4-7(5-3-6)10(8)9/h2-5,10H,1H3/i10T. The van der Waals surface area contributed by atoms with E-state index in [4.69, 9.17) is 1.12 Å². The predicted octanol–water partition coefficient (Wildman–Crippen LogP) is 0.965. The Balaban J connectivity index is 3.20. The van der Waals surface area contributed by atoms with Crippen molar-refractivity contribution in [3.8, 4) is 0 Å². The lowest BCUT2D eigenvalue weighted by Crippen LogP contribution is -1.78. The molecule has 0 atom stereocenters. The van der Waals surface area contributed by atoms with Crippen LogP contribution in [0.15, 0.2) is 29.2 Å². The number of aryl methyl sites for hydroxylation is 1. The lowest BCUT2D eigenvalue weighted by Gasteiger charge is -1.90. The molecule has 0 radical (unpaired) electrons. The van der Waals surface area contributed by atoms with Crippen LogP contribution in [0.5, 0.6) is 0 Å². The van der Waals surface area contributed by atoms with E-state index in [-0.39, 0.29) is 4.90 Å². The van der Waals surface area contributed by atoms with E-state index >= 15 is 0 Å². The van der Waals surface area contributed by atoms with Gasteiger partial charge in [-0.15, -0.1) is 0 Å². The first-order chi connectivity index (χ1) is 5.00. The number of hydrogen-bond acceptors (Lipinski definition) is 2. The molecular weight excluding hydrogens is 148 g/mol. The summed E-state index contributed by atoms with van der Waals surface area (Å²) in [4.78, 5) is 0.0445. The van der Waals surface area contributed by atoms with E-state index in [0.717, 1.165) is 5.56 Å². The van der Waals surface area contributed by atoms with Crippen molar-refractivity contribution in [2.45, 2.75) is 11.8 Å². The summed E-state index contributed by atoms with van der Waals surface area (Å²) in [6.07, 6.45) is 0. The van der Waals surface area contributed by atoms with Crippen molar-refractivity contribution in [2.75, 3.05) is 0 Å². The highest BCUT2D eigenvalue weighted by molar-refractivity contribution is 7.72. The molecule has 1 aromatic carbocycles. The third-order valence-corrected chi connectivity index (χ3v) is 1.87. The monoisotopic (exact) mass is 158 g/mol. The highest BCUT2D eigenvalue weighted by Crippen LogP contribution is 2.02. The topological polar surface area (TPSA) is 34.1 Å². The highest BCUT2D eigenvalue weighted by Gasteiger charge is 1.90. The average Bonchev–Trinajstić information content (AvgIpc) is 1.86. The third kappa shape index (κ3) is 1.57. The summed E-state index contributed by atoms with van der Waals surface area (Å²) in [6.45, 7) is 1.86. The second-order valence-corrected chi connectivity index (χ2v) is 2.99. The number of benzene rings is 1. The van der Waals surface area contributed by atoms with Crippen molar-refractivity contribution in [3.63, 3.8) is 0 Å². The Morgan fingerprint density at radius 3 is 2.20 bits per heavy atom. The average molecular weight is 158 g/mol. The van der Waals surface area contributed by atoms with Crippen LogP contribution in [0.25, 0.3) is 0 Å². The van der Waals surface area contributed by atoms with E-state index in [1.54, 1.807) is 12.1 Å². The predicted molar refractivity (Wildman–Crippen MR) is 39.8 cm³/mol. The maximum atomic E-state index is 10.6. The summed E-state index contributed by atoms with van der Waals surface area (Å²) < 4.78 is 27.9. The molecule has 0 fully saturated rings. The molecule has 0 aliphatic heterocycles. The normalized spacial score (nSPS) is 12.7. The Hall–Kier alpha value is -0.830. The third-order valence-electron chi connectivity index (χ3n) is 1.21. The quantitative estimate of drug-likeness (QED) is 0.618. The Labute approximate surface area is 62.5 Å². The smallest absolute Gasteiger partial charge is 0.179 e. The SMILES string of the molecule is [3H]S(=O)(=O)c1ccc(C)cc1. The lowest BCUT2D eigenvalue weighted by molar-refractivity contribution is 0.614. The molecule has 2 nitrogen and oxygen atoms in total. The maximum absolute atomic E-state index is 10.6. The number of rotatable bonds is 1. The molecule has 54 valence electrons. The van der Waals surface area contributed by atoms with Gasteiger partial charge in [-0.1, -0.05) is 17.7 Å². The van der Waals surface area contributed by atoms with Gasteiger partial charge in [0.15, 0.2) is 11.7 Å². The first kappa shape index (κ1) is 5.92. The van der Waals surface area contributed by atoms with Gasteiger partial charge >= 0.3 is 0 Å². The zero-order chi connectivity index (χ0) is 8.48. The van der Waals surface area contributed by atoms with Gasteiger partial charge < -0.3 is 0 Å². The van der Waals surface area contributed by atoms with Crippen molar-refractivity contribution in [3.05, 3.63) is 29.8 Å². The molecule has 0 N–H and O–H groups in total. The largest absolute Gasteiger partial charge is 0.227 e. The lowest BCUT2D eigenvalue weighted by atomic mass is 10.2. The molecule has 0 heterocycles. The van der Waals surface area contributed by atoms with Gasteiger partial charge in [-0.05, 0) is 19.1 Å². The molecule has 0 unspecified atom stereocenters. The molecule has 1 aromatic rings. The summed E-state index contributed by atoms with van der Waals surface area (Å²) in [5.74, 6) is 0. The van der Waals surface area contributed by atoms with Gasteiger partial charge in [0.25, 0.3) is 0 Å². The highest BCUT2D eigenvalue weighted by atomic mass is 32.2. The molecular formula is C7H8O2S. The van der Waals surface area contributed by atoms with E-state index in [1.165, 1.54) is 12.1 Å². The summed E-state index contributed by atoms with van der Waals surface area (Å²) in [5, 5.41) is 0. The van der Waals surface area contributed by atoms with Crippen LogP contribution in [0.1, 0.15) is 5.56 Å². The number of hydrogen-bond donors (Lipinski definition) is 1. The van der Waals surface area contributed by atoms with Crippen LogP contribution in [0.4, 0.5) is 0 Å². The van der Waals surface area contributed by atoms with Crippen LogP contribution in [0.2, 0.25) is 0 Å². The van der Waals surface area contributed by atoms with Gasteiger partial charge in [0.2, 0.25) is 0 Å². The van der Waals surface area contributed by atoms with Crippen LogP contribution >= 0.6 is 0 Å². The minimum atomic E-state index is -3.77. The maximum Gasteiger partial charge on any atom is 0.179 e. The fourth-order valence-corrected chi connectivity index (χ4v) is 1.01. The van der Waals surface area contributed by atoms with Gasteiger partial charge in [-0.3, -0.25) is 0 Å². The second kappa shape index (κ2) is 2.84. The van der Waals surface area contributed by atoms with Crippen molar-refractivity contribution >= 4 is 10.6 Å². The Bertz CT molecular complexity index is 339. The Kier molecular flexibility index (Phi) is 1.68. The summed E-state index contributed by atoms with van der Waals surface area (Å²) in [5.41, 5.74) is 0.984. The number of thiol groups is 1. The first-order valence-electron chi connectivity index (χ1n) is 3.27. The molecule has 0 aromatic heterocycles. The van der Waals surface area contributed by atoms with Gasteiger partial charge in [-0.25, -0.2) is 8.42 Å². The van der Waals surface area contributed by atoms with Crippen LogP contribution < -0.4 is 0 Å². The molecule has 0 amide bonds. The van der Waals surface area contributed by atoms with Crippen LogP contribution in [-0.4, -0.2) is 9.54 Å². The van der Waals surface area contributed by atoms with Crippen molar-refractivity contribution < 1.29 is 8.42 Å². The van der Waals surface area contributed by atoms with Crippen LogP contribution in [0, 0.1) is 6.92 Å². The van der Waals surface area contributed by atoms with Crippen LogP contribution in [0.3, 0.4) is 0 Å². The van der Waals surface area contributed by atoms with E-state index in [1.807, 2.05) is 6.92 Å². The fourth-order valence-electron chi connectivity index (χ4n) is 0.649. The minimum absolute atomic E-state index is 0.0445. The molecule has 0 saturated heterocycles. The second-order valence-electron chi connectivity index (χ2n) is 2.05. The summed E-state index contributed by atoms with van der Waals surface area (Å²) >= 11 is 0. The molecule has 0 saturated carbocycles. The molecule has 10 heavy (non-hydrogen) atoms. The molecule has 1 rings (SSSR count). The zero-order valence-electron chi connectivity index (χ0n) is 6.53. The van der Waals surface area contributed by atoms with E-state index in [9.17, 15) is 8.42 Å². The molecule has 0 bridgehead atoms. The fraction of sp³-hybridized carbons (Fsp3) is 0.143. The van der Waals surface area contributed by atoms with E-state index < -0.39 is 10.6 Å². The molecule has 0 aliphatic carbocycles. The van der Waals surface area contributed by atoms with Gasteiger partial charge in [-0.2, -0.15) is 0 Å². The zero-order valence-corrected chi connectivity index (χ0v) is 6.35. The minimum Gasteiger partial charge on any atom is -0.227 e. The van der Waals surface area contributed by atoms with Crippen molar-refractivity contribution in [1.82, 2.24) is 0 Å². The van der Waals surface area contributed by atoms with Gasteiger partial charge in [0.1, 0.15) is 0 Å². The summed E-state index contributed by atoms with van der Waals surface area (Å²) in [7, 11) is -3.77. The molecule has 0 spiro atoms. The first-order valence-corrected chi connectivity index (χ1v) is 3.93. The molecule has 0 aliphatic rings. The van der Waals surface area contributed by atoms with Crippen molar-refractivity contribution in [2.24, 2.45) is 0 Å². The van der Waals surface area contributed by atoms with E-state index in [2.05, 4.69) is 0 Å². The Morgan fingerprint density at radius 2 is 1.80 bits per heavy atom. The van der Waals surface area contributed by atoms with Gasteiger partial charge in [0.05, 0.1) is 4.90 Å². The van der Waals surface area contributed by atoms with Gasteiger partial charge in [0, 0.05) is 0 Å². The molecule has 3 heteroatoms. The van der Waals surface area contributed by atoms with E-state index in [0.29, 0.717) is 0 Å². The van der Waals surface area contributed by atoms with Crippen molar-refractivity contribution in [1.29, 1.82) is 1.12 Å².